The van der Waals surface area contributed by atoms with E-state index in [1.165, 1.54) is 0 Å². The van der Waals surface area contributed by atoms with Crippen LogP contribution in [0.3, 0.4) is 0 Å². The highest BCUT2D eigenvalue weighted by Crippen LogP contribution is 2.34. The molecule has 0 radical (unpaired) electrons. The molecule has 0 spiro atoms. The number of aliphatic hydroxyl groups excluding tert-OH is 2. The molecule has 2 aromatic heterocycles. The molecule has 0 saturated heterocycles. The van der Waals surface area contributed by atoms with Crippen LogP contribution in [0.25, 0.3) is 11.1 Å². The highest BCUT2D eigenvalue weighted by atomic mass is 16.3. The number of likely N-dealkylation sites (N-methyl/N-ethyl adjacent to an activating group) is 1. The summed E-state index contributed by atoms with van der Waals surface area (Å²) in [4.78, 5) is 36.7. The fourth-order valence-electron chi connectivity index (χ4n) is 4.73. The third kappa shape index (κ3) is 8.33. The second kappa shape index (κ2) is 15.3. The van der Waals surface area contributed by atoms with E-state index >= 15 is 0 Å². The van der Waals surface area contributed by atoms with Crippen LogP contribution in [0.4, 0.5) is 11.4 Å². The van der Waals surface area contributed by atoms with Gasteiger partial charge in [0.15, 0.2) is 0 Å². The summed E-state index contributed by atoms with van der Waals surface area (Å²) in [6.45, 7) is 7.64. The molecule has 4 aromatic rings. The Balaban J connectivity index is 1.46. The molecule has 44 heavy (non-hydrogen) atoms. The fraction of sp³-hybridized carbons (Fsp3) is 0.294. The van der Waals surface area contributed by atoms with E-state index < -0.39 is 0 Å². The second-order valence-electron chi connectivity index (χ2n) is 10.9. The largest absolute Gasteiger partial charge is 0.395 e. The lowest BCUT2D eigenvalue weighted by Gasteiger charge is -2.17. The number of carbonyl (C=O) groups is 2. The predicted octanol–water partition coefficient (Wildman–Crippen LogP) is 4.16. The number of aromatic nitrogens is 2. The Labute approximate surface area is 258 Å². The van der Waals surface area contributed by atoms with Gasteiger partial charge in [-0.1, -0.05) is 36.4 Å². The molecule has 10 nitrogen and oxygen atoms in total. The van der Waals surface area contributed by atoms with Crippen LogP contribution in [0.1, 0.15) is 50.2 Å². The second-order valence-corrected chi connectivity index (χ2v) is 10.9. The van der Waals surface area contributed by atoms with Crippen molar-refractivity contribution >= 4 is 23.2 Å². The Bertz CT molecular complexity index is 1570. The number of hydrogen-bond acceptors (Lipinski definition) is 8. The van der Waals surface area contributed by atoms with E-state index in [1.54, 1.807) is 24.5 Å². The topological polar surface area (TPSA) is 140 Å². The molecule has 10 heteroatoms. The molecular formula is C34H40N6O4. The molecule has 1 atom stereocenters. The van der Waals surface area contributed by atoms with Crippen molar-refractivity contribution in [2.45, 2.75) is 39.9 Å². The first-order valence-corrected chi connectivity index (χ1v) is 14.6. The smallest absolute Gasteiger partial charge is 0.274 e. The Kier molecular flexibility index (Phi) is 11.3. The lowest BCUT2D eigenvalue weighted by Crippen LogP contribution is -2.28. The highest BCUT2D eigenvalue weighted by Gasteiger charge is 2.16. The van der Waals surface area contributed by atoms with Gasteiger partial charge >= 0.3 is 0 Å². The van der Waals surface area contributed by atoms with Gasteiger partial charge in [0.2, 0.25) is 0 Å². The minimum Gasteiger partial charge on any atom is -0.395 e. The summed E-state index contributed by atoms with van der Waals surface area (Å²) in [6.07, 6.45) is 3.33. The minimum absolute atomic E-state index is 0.0283. The number of nitrogens with one attached hydrogen (secondary N) is 3. The van der Waals surface area contributed by atoms with Gasteiger partial charge in [-0.3, -0.25) is 24.5 Å². The van der Waals surface area contributed by atoms with Crippen LogP contribution in [-0.4, -0.2) is 69.7 Å². The van der Waals surface area contributed by atoms with Crippen LogP contribution in [0.2, 0.25) is 0 Å². The van der Waals surface area contributed by atoms with E-state index in [9.17, 15) is 14.7 Å². The quantitative estimate of drug-likeness (QED) is 0.155. The van der Waals surface area contributed by atoms with Gasteiger partial charge in [0, 0.05) is 49.4 Å². The molecule has 2 aromatic carbocycles. The van der Waals surface area contributed by atoms with Crippen LogP contribution in [0.15, 0.2) is 73.1 Å². The van der Waals surface area contributed by atoms with E-state index in [1.807, 2.05) is 81.2 Å². The maximum absolute atomic E-state index is 13.0. The van der Waals surface area contributed by atoms with Gasteiger partial charge in [-0.05, 0) is 85.5 Å². The van der Waals surface area contributed by atoms with E-state index in [0.717, 1.165) is 33.4 Å². The first-order chi connectivity index (χ1) is 21.2. The average molecular weight is 597 g/mol. The fourth-order valence-corrected chi connectivity index (χ4v) is 4.73. The standard InChI is InChI=1S/C34H40N6O4/c1-22(21-42)35-17-25-11-13-31(36-18-25)33(43)38-29-9-5-7-27(23(29)2)28-8-6-10-30(24(28)3)39-34(44)32-14-12-26(19-37-32)20-40(4)15-16-41/h5-14,18-19,22,35,41-42H,15-17,20-21H2,1-4H3,(H,38,43)(H,39,44)/t22-/m0/s1. The van der Waals surface area contributed by atoms with E-state index in [2.05, 4.69) is 25.9 Å². The van der Waals surface area contributed by atoms with Gasteiger partial charge < -0.3 is 26.2 Å². The van der Waals surface area contributed by atoms with Crippen molar-refractivity contribution in [3.8, 4) is 11.1 Å². The number of rotatable bonds is 13. The highest BCUT2D eigenvalue weighted by molar-refractivity contribution is 6.05. The van der Waals surface area contributed by atoms with Crippen LogP contribution in [-0.2, 0) is 13.1 Å². The molecule has 0 fully saturated rings. The maximum Gasteiger partial charge on any atom is 0.274 e. The summed E-state index contributed by atoms with van der Waals surface area (Å²) in [7, 11) is 1.91. The van der Waals surface area contributed by atoms with Gasteiger partial charge in [-0.25, -0.2) is 0 Å². The number of carbonyl (C=O) groups excluding carboxylic acids is 2. The van der Waals surface area contributed by atoms with Gasteiger partial charge in [0.1, 0.15) is 11.4 Å². The lowest BCUT2D eigenvalue weighted by molar-refractivity contribution is 0.101. The van der Waals surface area contributed by atoms with E-state index in [-0.39, 0.29) is 31.1 Å². The van der Waals surface area contributed by atoms with Crippen molar-refractivity contribution in [1.82, 2.24) is 20.2 Å². The van der Waals surface area contributed by atoms with Gasteiger partial charge in [0.25, 0.3) is 11.8 Å². The Hall–Kier alpha value is -4.48. The SMILES string of the molecule is Cc1c(NC(=O)c2ccc(CN[C@@H](C)CO)cn2)cccc1-c1cccc(NC(=O)c2ccc(CN(C)CCO)cn2)c1C. The molecule has 0 bridgehead atoms. The molecule has 4 rings (SSSR count). The number of anilines is 2. The first-order valence-electron chi connectivity index (χ1n) is 14.6. The zero-order chi connectivity index (χ0) is 31.6. The van der Waals surface area contributed by atoms with Crippen molar-refractivity contribution in [2.75, 3.05) is 37.4 Å². The normalized spacial score (nSPS) is 11.8. The molecule has 0 saturated carbocycles. The van der Waals surface area contributed by atoms with Crippen LogP contribution in [0, 0.1) is 13.8 Å². The Morgan fingerprint density at radius 2 is 1.32 bits per heavy atom. The van der Waals surface area contributed by atoms with Crippen molar-refractivity contribution in [1.29, 1.82) is 0 Å². The zero-order valence-electron chi connectivity index (χ0n) is 25.6. The summed E-state index contributed by atoms with van der Waals surface area (Å²) in [5.74, 6) is -0.625. The number of hydrogen-bond donors (Lipinski definition) is 5. The molecule has 0 aliphatic heterocycles. The van der Waals surface area contributed by atoms with Crippen molar-refractivity contribution in [3.63, 3.8) is 0 Å². The van der Waals surface area contributed by atoms with Crippen LogP contribution >= 0.6 is 0 Å². The third-order valence-electron chi connectivity index (χ3n) is 7.43. The van der Waals surface area contributed by atoms with Crippen LogP contribution < -0.4 is 16.0 Å². The molecule has 0 unspecified atom stereocenters. The van der Waals surface area contributed by atoms with Crippen molar-refractivity contribution in [3.05, 3.63) is 107 Å². The monoisotopic (exact) mass is 596 g/mol. The molecule has 2 heterocycles. The number of aliphatic hydroxyl groups is 2. The number of amides is 2. The molecule has 0 aliphatic rings. The van der Waals surface area contributed by atoms with Gasteiger partial charge in [-0.15, -0.1) is 0 Å². The van der Waals surface area contributed by atoms with E-state index in [4.69, 9.17) is 5.11 Å². The summed E-state index contributed by atoms with van der Waals surface area (Å²) in [5.41, 5.74) is 7.43. The Morgan fingerprint density at radius 3 is 1.77 bits per heavy atom. The number of pyridine rings is 2. The number of nitrogens with zero attached hydrogens (tertiary/aromatic N) is 3. The number of benzene rings is 2. The average Bonchev–Trinajstić information content (AvgIpc) is 3.02. The van der Waals surface area contributed by atoms with Gasteiger partial charge in [-0.2, -0.15) is 0 Å². The summed E-state index contributed by atoms with van der Waals surface area (Å²) >= 11 is 0. The predicted molar refractivity (Wildman–Crippen MR) is 173 cm³/mol. The summed E-state index contributed by atoms with van der Waals surface area (Å²) < 4.78 is 0. The molecule has 5 N–H and O–H groups in total. The third-order valence-corrected chi connectivity index (χ3v) is 7.43. The van der Waals surface area contributed by atoms with Crippen LogP contribution in [0.5, 0.6) is 0 Å². The zero-order valence-corrected chi connectivity index (χ0v) is 25.6. The minimum atomic E-state index is -0.315. The summed E-state index contributed by atoms with van der Waals surface area (Å²) in [5, 5.41) is 27.4. The van der Waals surface area contributed by atoms with Crippen molar-refractivity contribution in [2.24, 2.45) is 0 Å². The molecule has 0 aliphatic carbocycles. The molecule has 2 amide bonds. The lowest BCUT2D eigenvalue weighted by atomic mass is 9.94. The van der Waals surface area contributed by atoms with Gasteiger partial charge in [0.05, 0.1) is 13.2 Å². The summed E-state index contributed by atoms with van der Waals surface area (Å²) in [6, 6.07) is 18.5. The Morgan fingerprint density at radius 1 is 0.795 bits per heavy atom. The first kappa shape index (κ1) is 32.4. The maximum atomic E-state index is 13.0. The molecule has 230 valence electrons. The van der Waals surface area contributed by atoms with E-state index in [0.29, 0.717) is 42.4 Å². The van der Waals surface area contributed by atoms with Crippen molar-refractivity contribution < 1.29 is 19.8 Å². The molecular weight excluding hydrogens is 556 g/mol.